The van der Waals surface area contributed by atoms with Crippen molar-refractivity contribution in [2.75, 3.05) is 19.7 Å². The lowest BCUT2D eigenvalue weighted by Gasteiger charge is -2.44. The molecule has 4 atom stereocenters. The Hall–Kier alpha value is -0.120. The van der Waals surface area contributed by atoms with Gasteiger partial charge in [-0.15, -0.1) is 0 Å². The van der Waals surface area contributed by atoms with E-state index in [0.29, 0.717) is 18.2 Å². The summed E-state index contributed by atoms with van der Waals surface area (Å²) in [5.74, 6) is 0.892. The van der Waals surface area contributed by atoms with Gasteiger partial charge in [0.05, 0.1) is 12.7 Å². The van der Waals surface area contributed by atoms with E-state index in [1.54, 1.807) is 0 Å². The zero-order valence-electron chi connectivity index (χ0n) is 10.7. The third kappa shape index (κ3) is 2.76. The van der Waals surface area contributed by atoms with Crippen molar-refractivity contribution in [3.05, 3.63) is 0 Å². The monoisotopic (exact) mass is 226 g/mol. The van der Waals surface area contributed by atoms with Gasteiger partial charge in [-0.3, -0.25) is 4.90 Å². The maximum atomic E-state index is 6.29. The molecular weight excluding hydrogens is 200 g/mol. The minimum atomic E-state index is 0.378. The van der Waals surface area contributed by atoms with Crippen LogP contribution in [0.4, 0.5) is 0 Å². The number of nitrogens with zero attached hydrogens (tertiary/aromatic N) is 1. The second kappa shape index (κ2) is 5.48. The Morgan fingerprint density at radius 3 is 2.88 bits per heavy atom. The minimum absolute atomic E-state index is 0.378. The maximum absolute atomic E-state index is 6.29. The highest BCUT2D eigenvalue weighted by molar-refractivity contribution is 4.90. The van der Waals surface area contributed by atoms with Crippen LogP contribution in [0.5, 0.6) is 0 Å². The molecule has 2 N–H and O–H groups in total. The number of hydrogen-bond donors (Lipinski definition) is 1. The Kier molecular flexibility index (Phi) is 4.22. The van der Waals surface area contributed by atoms with Gasteiger partial charge in [0.25, 0.3) is 0 Å². The van der Waals surface area contributed by atoms with Crippen LogP contribution in [0.2, 0.25) is 0 Å². The van der Waals surface area contributed by atoms with Crippen LogP contribution in [-0.2, 0) is 4.74 Å². The van der Waals surface area contributed by atoms with E-state index in [4.69, 9.17) is 10.5 Å². The minimum Gasteiger partial charge on any atom is -0.376 e. The molecule has 0 amide bonds. The molecule has 0 bridgehead atoms. The molecule has 1 aliphatic heterocycles. The van der Waals surface area contributed by atoms with Crippen LogP contribution in [0, 0.1) is 5.92 Å². The first-order chi connectivity index (χ1) is 7.70. The molecule has 1 heterocycles. The second-order valence-corrected chi connectivity index (χ2v) is 5.49. The standard InChI is InChI=1S/C13H26N2O/c1-3-11-4-5-12(14)13(8-11)15-6-7-16-10(2)9-15/h10-13H,3-9,14H2,1-2H3. The zero-order chi connectivity index (χ0) is 11.5. The van der Waals surface area contributed by atoms with E-state index >= 15 is 0 Å². The molecular formula is C13H26N2O. The lowest BCUT2D eigenvalue weighted by atomic mass is 9.80. The second-order valence-electron chi connectivity index (χ2n) is 5.49. The highest BCUT2D eigenvalue weighted by Crippen LogP contribution is 2.29. The maximum Gasteiger partial charge on any atom is 0.0674 e. The van der Waals surface area contributed by atoms with Gasteiger partial charge in [-0.05, 0) is 32.1 Å². The van der Waals surface area contributed by atoms with Gasteiger partial charge in [0.15, 0.2) is 0 Å². The molecule has 0 radical (unpaired) electrons. The first kappa shape index (κ1) is 12.3. The zero-order valence-corrected chi connectivity index (χ0v) is 10.7. The van der Waals surface area contributed by atoms with Crippen molar-refractivity contribution in [2.24, 2.45) is 11.7 Å². The number of hydrogen-bond acceptors (Lipinski definition) is 3. The van der Waals surface area contributed by atoms with Crippen LogP contribution in [-0.4, -0.2) is 42.8 Å². The van der Waals surface area contributed by atoms with E-state index < -0.39 is 0 Å². The van der Waals surface area contributed by atoms with Crippen LogP contribution in [0.3, 0.4) is 0 Å². The number of nitrogens with two attached hydrogens (primary N) is 1. The normalized spacial score (nSPS) is 42.2. The van der Waals surface area contributed by atoms with E-state index in [2.05, 4.69) is 18.7 Å². The Morgan fingerprint density at radius 1 is 1.38 bits per heavy atom. The predicted molar refractivity (Wildman–Crippen MR) is 66.4 cm³/mol. The molecule has 1 aliphatic carbocycles. The fraction of sp³-hybridized carbons (Fsp3) is 1.00. The summed E-state index contributed by atoms with van der Waals surface area (Å²) in [7, 11) is 0. The molecule has 0 spiro atoms. The smallest absolute Gasteiger partial charge is 0.0674 e. The van der Waals surface area contributed by atoms with Gasteiger partial charge in [-0.1, -0.05) is 13.3 Å². The highest BCUT2D eigenvalue weighted by atomic mass is 16.5. The van der Waals surface area contributed by atoms with Crippen molar-refractivity contribution >= 4 is 0 Å². The van der Waals surface area contributed by atoms with Gasteiger partial charge in [-0.25, -0.2) is 0 Å². The summed E-state index contributed by atoms with van der Waals surface area (Å²) in [6, 6.07) is 0.984. The van der Waals surface area contributed by atoms with Gasteiger partial charge in [0, 0.05) is 25.2 Å². The van der Waals surface area contributed by atoms with Gasteiger partial charge in [0.1, 0.15) is 0 Å². The topological polar surface area (TPSA) is 38.5 Å². The molecule has 1 saturated carbocycles. The number of rotatable bonds is 2. The molecule has 3 heteroatoms. The van der Waals surface area contributed by atoms with Crippen molar-refractivity contribution in [3.8, 4) is 0 Å². The summed E-state index contributed by atoms with van der Waals surface area (Å²) in [5.41, 5.74) is 6.29. The SMILES string of the molecule is CCC1CCC(N)C(N2CCOC(C)C2)C1. The quantitative estimate of drug-likeness (QED) is 0.777. The summed E-state index contributed by atoms with van der Waals surface area (Å²) in [4.78, 5) is 2.57. The van der Waals surface area contributed by atoms with Crippen molar-refractivity contribution in [3.63, 3.8) is 0 Å². The Balaban J connectivity index is 1.94. The van der Waals surface area contributed by atoms with Gasteiger partial charge >= 0.3 is 0 Å². The first-order valence-electron chi connectivity index (χ1n) is 6.82. The number of ether oxygens (including phenoxy) is 1. The molecule has 3 nitrogen and oxygen atoms in total. The summed E-state index contributed by atoms with van der Waals surface area (Å²) in [6.07, 6.45) is 5.51. The molecule has 2 fully saturated rings. The van der Waals surface area contributed by atoms with Crippen LogP contribution in [0.15, 0.2) is 0 Å². The van der Waals surface area contributed by atoms with Crippen LogP contribution < -0.4 is 5.73 Å². The Morgan fingerprint density at radius 2 is 2.19 bits per heavy atom. The van der Waals surface area contributed by atoms with E-state index in [9.17, 15) is 0 Å². The van der Waals surface area contributed by atoms with E-state index in [1.165, 1.54) is 25.7 Å². The molecule has 94 valence electrons. The molecule has 2 aliphatic rings. The third-order valence-electron chi connectivity index (χ3n) is 4.30. The lowest BCUT2D eigenvalue weighted by Crippen LogP contribution is -2.55. The van der Waals surface area contributed by atoms with Crippen molar-refractivity contribution in [2.45, 2.75) is 57.7 Å². The van der Waals surface area contributed by atoms with Crippen LogP contribution >= 0.6 is 0 Å². The molecule has 4 unspecified atom stereocenters. The predicted octanol–water partition coefficient (Wildman–Crippen LogP) is 1.61. The third-order valence-corrected chi connectivity index (χ3v) is 4.30. The van der Waals surface area contributed by atoms with Crippen molar-refractivity contribution in [1.29, 1.82) is 0 Å². The molecule has 16 heavy (non-hydrogen) atoms. The molecule has 2 rings (SSSR count). The molecule has 0 aromatic carbocycles. The highest BCUT2D eigenvalue weighted by Gasteiger charge is 2.33. The van der Waals surface area contributed by atoms with E-state index in [-0.39, 0.29) is 0 Å². The first-order valence-corrected chi connectivity index (χ1v) is 6.82. The molecule has 0 aromatic rings. The molecule has 1 saturated heterocycles. The van der Waals surface area contributed by atoms with Crippen LogP contribution in [0.25, 0.3) is 0 Å². The lowest BCUT2D eigenvalue weighted by molar-refractivity contribution is -0.0464. The van der Waals surface area contributed by atoms with Crippen molar-refractivity contribution in [1.82, 2.24) is 4.90 Å². The summed E-state index contributed by atoms with van der Waals surface area (Å²) >= 11 is 0. The Bertz CT molecular complexity index is 222. The fourth-order valence-electron chi connectivity index (χ4n) is 3.19. The van der Waals surface area contributed by atoms with E-state index in [0.717, 1.165) is 25.6 Å². The summed E-state index contributed by atoms with van der Waals surface area (Å²) in [6.45, 7) is 7.48. The van der Waals surface area contributed by atoms with Gasteiger partial charge in [-0.2, -0.15) is 0 Å². The summed E-state index contributed by atoms with van der Waals surface area (Å²) < 4.78 is 5.60. The van der Waals surface area contributed by atoms with Crippen molar-refractivity contribution < 1.29 is 4.74 Å². The average Bonchev–Trinajstić information content (AvgIpc) is 2.30. The Labute approximate surface area is 99.3 Å². The van der Waals surface area contributed by atoms with E-state index in [1.807, 2.05) is 0 Å². The van der Waals surface area contributed by atoms with Crippen LogP contribution in [0.1, 0.15) is 39.5 Å². The number of morpholine rings is 1. The summed E-state index contributed by atoms with van der Waals surface area (Å²) in [5, 5.41) is 0. The fourth-order valence-corrected chi connectivity index (χ4v) is 3.19. The average molecular weight is 226 g/mol. The van der Waals surface area contributed by atoms with Gasteiger partial charge < -0.3 is 10.5 Å². The molecule has 0 aromatic heterocycles. The van der Waals surface area contributed by atoms with Gasteiger partial charge in [0.2, 0.25) is 0 Å². The largest absolute Gasteiger partial charge is 0.376 e.